The molecule has 2 aromatic rings. The summed E-state index contributed by atoms with van der Waals surface area (Å²) in [6.07, 6.45) is 7.20. The van der Waals surface area contributed by atoms with E-state index in [9.17, 15) is 4.79 Å². The number of benzene rings is 1. The lowest BCUT2D eigenvalue weighted by molar-refractivity contribution is -0.113. The molecule has 1 aliphatic rings. The van der Waals surface area contributed by atoms with Crippen molar-refractivity contribution in [2.24, 2.45) is 0 Å². The van der Waals surface area contributed by atoms with Crippen LogP contribution in [0.4, 0.5) is 11.4 Å². The van der Waals surface area contributed by atoms with Crippen molar-refractivity contribution in [1.82, 2.24) is 9.97 Å². The van der Waals surface area contributed by atoms with Crippen molar-refractivity contribution in [2.45, 2.75) is 24.4 Å². The van der Waals surface area contributed by atoms with Crippen LogP contribution in [0.5, 0.6) is 0 Å². The average molecular weight is 328 g/mol. The van der Waals surface area contributed by atoms with Crippen molar-refractivity contribution in [2.75, 3.05) is 29.1 Å². The van der Waals surface area contributed by atoms with Crippen molar-refractivity contribution in [1.29, 1.82) is 0 Å². The van der Waals surface area contributed by atoms with Crippen LogP contribution in [0.25, 0.3) is 0 Å². The lowest BCUT2D eigenvalue weighted by atomic mass is 10.1. The Morgan fingerprint density at radius 3 is 2.48 bits per heavy atom. The number of carbonyl (C=O) groups excluding carboxylic acids is 1. The SMILES string of the molecule is O=C(CSc1ncccn1)Nc1ccc(N2CCCCC2)cc1. The molecule has 120 valence electrons. The van der Waals surface area contributed by atoms with Gasteiger partial charge in [0.05, 0.1) is 5.75 Å². The second-order valence-electron chi connectivity index (χ2n) is 5.46. The van der Waals surface area contributed by atoms with E-state index in [1.165, 1.54) is 36.7 Å². The predicted octanol–water partition coefficient (Wildman–Crippen LogP) is 3.20. The Morgan fingerprint density at radius 1 is 1.09 bits per heavy atom. The molecule has 0 spiro atoms. The molecule has 0 radical (unpaired) electrons. The minimum atomic E-state index is -0.0480. The zero-order valence-corrected chi connectivity index (χ0v) is 13.8. The van der Waals surface area contributed by atoms with Crippen molar-refractivity contribution in [3.05, 3.63) is 42.7 Å². The third-order valence-corrected chi connectivity index (χ3v) is 4.62. The molecule has 0 atom stereocenters. The molecule has 5 nitrogen and oxygen atoms in total. The molecular formula is C17H20N4OS. The summed E-state index contributed by atoms with van der Waals surface area (Å²) in [5.74, 6) is 0.255. The maximum atomic E-state index is 12.0. The van der Waals surface area contributed by atoms with Gasteiger partial charge in [0, 0.05) is 36.9 Å². The monoisotopic (exact) mass is 328 g/mol. The predicted molar refractivity (Wildman–Crippen MR) is 93.9 cm³/mol. The van der Waals surface area contributed by atoms with Crippen LogP contribution in [-0.2, 0) is 4.79 Å². The first-order valence-corrected chi connectivity index (χ1v) is 8.84. The van der Waals surface area contributed by atoms with Crippen molar-refractivity contribution >= 4 is 29.0 Å². The van der Waals surface area contributed by atoms with Gasteiger partial charge < -0.3 is 10.2 Å². The molecule has 23 heavy (non-hydrogen) atoms. The third kappa shape index (κ3) is 4.69. The fourth-order valence-electron chi connectivity index (χ4n) is 2.59. The molecule has 0 bridgehead atoms. The van der Waals surface area contributed by atoms with Gasteiger partial charge in [-0.05, 0) is 49.6 Å². The van der Waals surface area contributed by atoms with E-state index >= 15 is 0 Å². The molecule has 0 saturated carbocycles. The van der Waals surface area contributed by atoms with Crippen molar-refractivity contribution in [3.63, 3.8) is 0 Å². The summed E-state index contributed by atoms with van der Waals surface area (Å²) >= 11 is 1.33. The van der Waals surface area contributed by atoms with Crippen LogP contribution in [-0.4, -0.2) is 34.7 Å². The minimum Gasteiger partial charge on any atom is -0.372 e. The van der Waals surface area contributed by atoms with Crippen molar-refractivity contribution < 1.29 is 4.79 Å². The van der Waals surface area contributed by atoms with Gasteiger partial charge in [-0.25, -0.2) is 9.97 Å². The summed E-state index contributed by atoms with van der Waals surface area (Å²) in [4.78, 5) is 22.5. The highest BCUT2D eigenvalue weighted by Gasteiger charge is 2.11. The molecule has 1 saturated heterocycles. The lowest BCUT2D eigenvalue weighted by Crippen LogP contribution is -2.29. The summed E-state index contributed by atoms with van der Waals surface area (Å²) in [6, 6.07) is 9.84. The first-order chi connectivity index (χ1) is 11.3. The molecule has 1 aromatic heterocycles. The number of hydrogen-bond donors (Lipinski definition) is 1. The number of thioether (sulfide) groups is 1. The molecule has 2 heterocycles. The number of rotatable bonds is 5. The lowest BCUT2D eigenvalue weighted by Gasteiger charge is -2.28. The maximum Gasteiger partial charge on any atom is 0.234 e. The number of hydrogen-bond acceptors (Lipinski definition) is 5. The topological polar surface area (TPSA) is 58.1 Å². The number of anilines is 2. The van der Waals surface area contributed by atoms with Gasteiger partial charge in [-0.2, -0.15) is 0 Å². The number of carbonyl (C=O) groups is 1. The van der Waals surface area contributed by atoms with E-state index in [4.69, 9.17) is 0 Å². The van der Waals surface area contributed by atoms with E-state index < -0.39 is 0 Å². The Morgan fingerprint density at radius 2 is 1.78 bits per heavy atom. The standard InChI is InChI=1S/C17H20N4OS/c22-16(13-23-17-18-9-4-10-19-17)20-14-5-7-15(8-6-14)21-11-2-1-3-12-21/h4-10H,1-3,11-13H2,(H,20,22). The Balaban J connectivity index is 1.50. The van der Waals surface area contributed by atoms with E-state index in [1.54, 1.807) is 18.5 Å². The molecule has 1 amide bonds. The highest BCUT2D eigenvalue weighted by molar-refractivity contribution is 7.99. The van der Waals surface area contributed by atoms with Crippen LogP contribution in [0.2, 0.25) is 0 Å². The summed E-state index contributed by atoms with van der Waals surface area (Å²) < 4.78 is 0. The molecule has 1 N–H and O–H groups in total. The number of amides is 1. The van der Waals surface area contributed by atoms with Gasteiger partial charge in [-0.1, -0.05) is 11.8 Å². The second-order valence-corrected chi connectivity index (χ2v) is 6.41. The van der Waals surface area contributed by atoms with Crippen LogP contribution < -0.4 is 10.2 Å². The number of nitrogens with one attached hydrogen (secondary N) is 1. The minimum absolute atomic E-state index is 0.0480. The highest BCUT2D eigenvalue weighted by atomic mass is 32.2. The summed E-state index contributed by atoms with van der Waals surface area (Å²) in [6.45, 7) is 2.25. The molecule has 6 heteroatoms. The number of aromatic nitrogens is 2. The molecule has 1 fully saturated rings. The second kappa shape index (κ2) is 7.97. The first-order valence-electron chi connectivity index (χ1n) is 7.86. The molecular weight excluding hydrogens is 308 g/mol. The highest BCUT2D eigenvalue weighted by Crippen LogP contribution is 2.22. The van der Waals surface area contributed by atoms with E-state index in [2.05, 4.69) is 32.3 Å². The smallest absolute Gasteiger partial charge is 0.234 e. The van der Waals surface area contributed by atoms with Crippen LogP contribution in [0, 0.1) is 0 Å². The number of nitrogens with zero attached hydrogens (tertiary/aromatic N) is 3. The van der Waals surface area contributed by atoms with E-state index in [0.717, 1.165) is 18.8 Å². The van der Waals surface area contributed by atoms with Gasteiger partial charge in [0.2, 0.25) is 5.91 Å². The molecule has 1 aliphatic heterocycles. The molecule has 1 aromatic carbocycles. The summed E-state index contributed by atoms with van der Waals surface area (Å²) in [7, 11) is 0. The van der Waals surface area contributed by atoms with Gasteiger partial charge in [-0.15, -0.1) is 0 Å². The molecule has 0 unspecified atom stereocenters. The molecule has 3 rings (SSSR count). The van der Waals surface area contributed by atoms with Crippen LogP contribution in [0.1, 0.15) is 19.3 Å². The van der Waals surface area contributed by atoms with Crippen molar-refractivity contribution in [3.8, 4) is 0 Å². The fourth-order valence-corrected chi connectivity index (χ4v) is 3.20. The third-order valence-electron chi connectivity index (χ3n) is 3.75. The maximum absolute atomic E-state index is 12.0. The Kier molecular flexibility index (Phi) is 5.47. The first kappa shape index (κ1) is 15.8. The van der Waals surface area contributed by atoms with Crippen LogP contribution in [0.3, 0.4) is 0 Å². The summed E-state index contributed by atoms with van der Waals surface area (Å²) in [5, 5.41) is 3.52. The summed E-state index contributed by atoms with van der Waals surface area (Å²) in [5.41, 5.74) is 2.06. The van der Waals surface area contributed by atoms with E-state index in [0.29, 0.717) is 10.9 Å². The Hall–Kier alpha value is -2.08. The number of piperidine rings is 1. The van der Waals surface area contributed by atoms with Gasteiger partial charge in [0.25, 0.3) is 0 Å². The van der Waals surface area contributed by atoms with Gasteiger partial charge in [0.15, 0.2) is 5.16 Å². The van der Waals surface area contributed by atoms with Crippen LogP contribution >= 0.6 is 11.8 Å². The molecule has 0 aliphatic carbocycles. The normalized spacial score (nSPS) is 14.5. The zero-order valence-electron chi connectivity index (χ0n) is 12.9. The van der Waals surface area contributed by atoms with E-state index in [1.807, 2.05) is 12.1 Å². The average Bonchev–Trinajstić information content (AvgIpc) is 2.62. The van der Waals surface area contributed by atoms with E-state index in [-0.39, 0.29) is 5.91 Å². The van der Waals surface area contributed by atoms with Gasteiger partial charge >= 0.3 is 0 Å². The zero-order chi connectivity index (χ0) is 15.9. The Labute approximate surface area is 140 Å². The van der Waals surface area contributed by atoms with Crippen LogP contribution in [0.15, 0.2) is 47.9 Å². The van der Waals surface area contributed by atoms with Gasteiger partial charge in [-0.3, -0.25) is 4.79 Å². The van der Waals surface area contributed by atoms with Gasteiger partial charge in [0.1, 0.15) is 0 Å². The Bertz CT molecular complexity index is 627. The fraction of sp³-hybridized carbons (Fsp3) is 0.353. The largest absolute Gasteiger partial charge is 0.372 e. The quantitative estimate of drug-likeness (QED) is 0.675.